The molecule has 0 aliphatic heterocycles. The van der Waals surface area contributed by atoms with Gasteiger partial charge in [-0.25, -0.2) is 0 Å². The number of hydrogen-bond acceptors (Lipinski definition) is 4. The first-order valence-corrected chi connectivity index (χ1v) is 7.88. The quantitative estimate of drug-likeness (QED) is 0.442. The molecular formula is C17H18ClN3O3. The van der Waals surface area contributed by atoms with Gasteiger partial charge in [0.05, 0.1) is 4.92 Å². The Morgan fingerprint density at radius 3 is 2.58 bits per heavy atom. The molecule has 126 valence electrons. The molecule has 0 saturated heterocycles. The van der Waals surface area contributed by atoms with Gasteiger partial charge in [0.25, 0.3) is 5.69 Å². The van der Waals surface area contributed by atoms with Crippen molar-refractivity contribution in [3.05, 3.63) is 63.2 Å². The number of carbonyl (C=O) groups is 1. The maximum absolute atomic E-state index is 11.9. The summed E-state index contributed by atoms with van der Waals surface area (Å²) >= 11 is 6.02. The van der Waals surface area contributed by atoms with E-state index in [9.17, 15) is 14.9 Å². The minimum Gasteiger partial charge on any atom is -0.385 e. The Morgan fingerprint density at radius 2 is 1.92 bits per heavy atom. The molecule has 0 radical (unpaired) electrons. The number of nitro benzene ring substituents is 1. The fraction of sp³-hybridized carbons (Fsp3) is 0.235. The molecule has 7 heteroatoms. The van der Waals surface area contributed by atoms with Crippen LogP contribution in [0.2, 0.25) is 5.02 Å². The van der Waals surface area contributed by atoms with E-state index in [-0.39, 0.29) is 11.6 Å². The first-order valence-electron chi connectivity index (χ1n) is 7.50. The topological polar surface area (TPSA) is 84.3 Å². The van der Waals surface area contributed by atoms with E-state index >= 15 is 0 Å². The highest BCUT2D eigenvalue weighted by atomic mass is 35.5. The summed E-state index contributed by atoms with van der Waals surface area (Å²) in [5.74, 6) is -0.0779. The Labute approximate surface area is 145 Å². The zero-order chi connectivity index (χ0) is 17.5. The third kappa shape index (κ3) is 4.96. The highest BCUT2D eigenvalue weighted by Crippen LogP contribution is 2.23. The first-order chi connectivity index (χ1) is 11.5. The van der Waals surface area contributed by atoms with E-state index in [0.717, 1.165) is 16.9 Å². The third-order valence-corrected chi connectivity index (χ3v) is 3.94. The van der Waals surface area contributed by atoms with Crippen molar-refractivity contribution in [3.63, 3.8) is 0 Å². The zero-order valence-corrected chi connectivity index (χ0v) is 14.0. The van der Waals surface area contributed by atoms with Gasteiger partial charge in [0, 0.05) is 41.5 Å². The fourth-order valence-corrected chi connectivity index (χ4v) is 2.31. The molecule has 0 aromatic heterocycles. The number of nitrogens with one attached hydrogen (secondary N) is 2. The monoisotopic (exact) mass is 347 g/mol. The van der Waals surface area contributed by atoms with Gasteiger partial charge in [0.15, 0.2) is 0 Å². The summed E-state index contributed by atoms with van der Waals surface area (Å²) in [5.41, 5.74) is 2.40. The Kier molecular flexibility index (Phi) is 6.14. The Morgan fingerprint density at radius 1 is 1.21 bits per heavy atom. The minimum atomic E-state index is -0.439. The number of nitrogens with zero attached hydrogens (tertiary/aromatic N) is 1. The number of anilines is 2. The van der Waals surface area contributed by atoms with E-state index in [4.69, 9.17) is 11.6 Å². The predicted octanol–water partition coefficient (Wildman–Crippen LogP) is 4.39. The lowest BCUT2D eigenvalue weighted by Gasteiger charge is -2.10. The molecule has 0 spiro atoms. The number of nitro groups is 1. The van der Waals surface area contributed by atoms with Crippen LogP contribution in [0.1, 0.15) is 18.4 Å². The van der Waals surface area contributed by atoms with Crippen molar-refractivity contribution >= 4 is 34.6 Å². The van der Waals surface area contributed by atoms with Crippen LogP contribution in [0.25, 0.3) is 0 Å². The van der Waals surface area contributed by atoms with Crippen molar-refractivity contribution in [1.82, 2.24) is 0 Å². The van der Waals surface area contributed by atoms with Crippen LogP contribution in [0.15, 0.2) is 42.5 Å². The van der Waals surface area contributed by atoms with Crippen LogP contribution in [-0.2, 0) is 4.79 Å². The molecule has 6 nitrogen and oxygen atoms in total. The van der Waals surface area contributed by atoms with Gasteiger partial charge in [-0.2, -0.15) is 0 Å². The number of amides is 1. The molecule has 1 amide bonds. The van der Waals surface area contributed by atoms with E-state index in [1.54, 1.807) is 24.3 Å². The van der Waals surface area contributed by atoms with Crippen LogP contribution in [-0.4, -0.2) is 17.4 Å². The van der Waals surface area contributed by atoms with Gasteiger partial charge >= 0.3 is 0 Å². The smallest absolute Gasteiger partial charge is 0.269 e. The van der Waals surface area contributed by atoms with Crippen molar-refractivity contribution in [2.75, 3.05) is 17.2 Å². The highest BCUT2D eigenvalue weighted by Gasteiger charge is 2.07. The fourth-order valence-electron chi connectivity index (χ4n) is 2.14. The van der Waals surface area contributed by atoms with Gasteiger partial charge in [0.2, 0.25) is 5.91 Å². The second kappa shape index (κ2) is 8.31. The predicted molar refractivity (Wildman–Crippen MR) is 95.6 cm³/mol. The van der Waals surface area contributed by atoms with Crippen molar-refractivity contribution < 1.29 is 9.72 Å². The summed E-state index contributed by atoms with van der Waals surface area (Å²) in [7, 11) is 0. The number of benzene rings is 2. The Hall–Kier alpha value is -2.60. The van der Waals surface area contributed by atoms with Crippen molar-refractivity contribution in [2.45, 2.75) is 19.8 Å². The van der Waals surface area contributed by atoms with E-state index in [1.165, 1.54) is 12.1 Å². The molecule has 2 N–H and O–H groups in total. The average molecular weight is 348 g/mol. The maximum Gasteiger partial charge on any atom is 0.269 e. The molecule has 2 rings (SSSR count). The molecule has 0 fully saturated rings. The minimum absolute atomic E-state index is 0.0526. The normalized spacial score (nSPS) is 10.2. The molecule has 0 bridgehead atoms. The Balaban J connectivity index is 1.74. The van der Waals surface area contributed by atoms with E-state index in [1.807, 2.05) is 13.0 Å². The van der Waals surface area contributed by atoms with Crippen molar-refractivity contribution in [3.8, 4) is 0 Å². The zero-order valence-electron chi connectivity index (χ0n) is 13.2. The van der Waals surface area contributed by atoms with Gasteiger partial charge < -0.3 is 10.6 Å². The first kappa shape index (κ1) is 17.7. The van der Waals surface area contributed by atoms with Gasteiger partial charge in [-0.1, -0.05) is 17.7 Å². The molecule has 0 heterocycles. The van der Waals surface area contributed by atoms with Crippen LogP contribution in [0, 0.1) is 17.0 Å². The van der Waals surface area contributed by atoms with Crippen molar-refractivity contribution in [2.24, 2.45) is 0 Å². The van der Waals surface area contributed by atoms with Crippen LogP contribution in [0.4, 0.5) is 17.1 Å². The third-order valence-electron chi connectivity index (χ3n) is 3.53. The highest BCUT2D eigenvalue weighted by molar-refractivity contribution is 6.31. The lowest BCUT2D eigenvalue weighted by atomic mass is 10.2. The molecule has 0 aliphatic carbocycles. The molecule has 24 heavy (non-hydrogen) atoms. The molecule has 0 unspecified atom stereocenters. The van der Waals surface area contributed by atoms with Gasteiger partial charge in [-0.05, 0) is 43.2 Å². The standard InChI is InChI=1S/C17H18ClN3O3/c1-12-15(18)4-2-5-16(12)20-17(22)6-3-11-19-13-7-9-14(10-8-13)21(23)24/h2,4-5,7-10,19H,3,6,11H2,1H3,(H,20,22). The second-order valence-corrected chi connectivity index (χ2v) is 5.70. The lowest BCUT2D eigenvalue weighted by Crippen LogP contribution is -2.14. The lowest BCUT2D eigenvalue weighted by molar-refractivity contribution is -0.384. The van der Waals surface area contributed by atoms with Gasteiger partial charge in [-0.3, -0.25) is 14.9 Å². The molecule has 0 aliphatic rings. The molecular weight excluding hydrogens is 330 g/mol. The van der Waals surface area contributed by atoms with Gasteiger partial charge in [0.1, 0.15) is 0 Å². The summed E-state index contributed by atoms with van der Waals surface area (Å²) in [6, 6.07) is 11.6. The van der Waals surface area contributed by atoms with E-state index in [2.05, 4.69) is 10.6 Å². The largest absolute Gasteiger partial charge is 0.385 e. The molecule has 2 aromatic rings. The second-order valence-electron chi connectivity index (χ2n) is 5.29. The summed E-state index contributed by atoms with van der Waals surface area (Å²) < 4.78 is 0. The number of carbonyl (C=O) groups excluding carboxylic acids is 1. The maximum atomic E-state index is 11.9. The number of non-ortho nitro benzene ring substituents is 1. The summed E-state index contributed by atoms with van der Waals surface area (Å²) in [6.07, 6.45) is 1.01. The van der Waals surface area contributed by atoms with Crippen molar-refractivity contribution in [1.29, 1.82) is 0 Å². The Bertz CT molecular complexity index is 732. The van der Waals surface area contributed by atoms with E-state index < -0.39 is 4.92 Å². The van der Waals surface area contributed by atoms with Crippen LogP contribution in [0.3, 0.4) is 0 Å². The molecule has 0 saturated carbocycles. The summed E-state index contributed by atoms with van der Waals surface area (Å²) in [4.78, 5) is 22.1. The number of rotatable bonds is 7. The molecule has 2 aromatic carbocycles. The molecule has 0 atom stereocenters. The van der Waals surface area contributed by atoms with Crippen LogP contribution in [0.5, 0.6) is 0 Å². The van der Waals surface area contributed by atoms with Crippen LogP contribution >= 0.6 is 11.6 Å². The summed E-state index contributed by atoms with van der Waals surface area (Å²) in [6.45, 7) is 2.45. The number of hydrogen-bond donors (Lipinski definition) is 2. The van der Waals surface area contributed by atoms with Gasteiger partial charge in [-0.15, -0.1) is 0 Å². The average Bonchev–Trinajstić information content (AvgIpc) is 2.56. The SMILES string of the molecule is Cc1c(Cl)cccc1NC(=O)CCCNc1ccc([N+](=O)[O-])cc1. The van der Waals surface area contributed by atoms with E-state index in [0.29, 0.717) is 24.4 Å². The van der Waals surface area contributed by atoms with Crippen LogP contribution < -0.4 is 10.6 Å². The number of halogens is 1. The summed E-state index contributed by atoms with van der Waals surface area (Å²) in [5, 5.41) is 17.2.